The molecule has 2 heterocycles. The molecule has 1 unspecified atom stereocenters. The SMILES string of the molecule is CCOCC1=Nc2c(N)nc(C)c(C)c2[N+]1(Cc1ccccc1)NCc1ccccc1. The molecule has 0 radical (unpaired) electrons. The number of ether oxygens (including phenoxy) is 1. The van der Waals surface area contributed by atoms with Gasteiger partial charge in [-0.1, -0.05) is 60.7 Å². The Bertz CT molecular complexity index is 1080. The minimum atomic E-state index is 0.369. The number of nitrogen functional groups attached to an aromatic ring is 1. The lowest BCUT2D eigenvalue weighted by Gasteiger charge is -2.35. The van der Waals surface area contributed by atoms with Crippen LogP contribution >= 0.6 is 0 Å². The highest BCUT2D eigenvalue weighted by Gasteiger charge is 2.47. The Balaban J connectivity index is 1.86. The predicted octanol–water partition coefficient (Wildman–Crippen LogP) is 4.57. The number of nitrogens with one attached hydrogen (secondary N) is 1. The van der Waals surface area contributed by atoms with Crippen LogP contribution in [0.5, 0.6) is 0 Å². The monoisotopic (exact) mass is 416 g/mol. The Kier molecular flexibility index (Phi) is 6.13. The van der Waals surface area contributed by atoms with Gasteiger partial charge in [0.15, 0.2) is 17.2 Å². The second kappa shape index (κ2) is 8.98. The molecule has 1 atom stereocenters. The first-order valence-electron chi connectivity index (χ1n) is 10.7. The van der Waals surface area contributed by atoms with Gasteiger partial charge < -0.3 is 10.5 Å². The van der Waals surface area contributed by atoms with Crippen LogP contribution in [-0.4, -0.2) is 24.0 Å². The zero-order valence-electron chi connectivity index (χ0n) is 18.4. The number of pyridine rings is 1. The molecule has 3 N–H and O–H groups in total. The van der Waals surface area contributed by atoms with Gasteiger partial charge in [-0.15, -0.1) is 0 Å². The van der Waals surface area contributed by atoms with Crippen LogP contribution in [0.1, 0.15) is 29.3 Å². The molecular weight excluding hydrogens is 386 g/mol. The Labute approximate surface area is 184 Å². The first-order chi connectivity index (χ1) is 15.0. The summed E-state index contributed by atoms with van der Waals surface area (Å²) in [5, 5.41) is 0. The van der Waals surface area contributed by atoms with Crippen LogP contribution in [0.25, 0.3) is 0 Å². The molecule has 31 heavy (non-hydrogen) atoms. The van der Waals surface area contributed by atoms with E-state index in [9.17, 15) is 0 Å². The van der Waals surface area contributed by atoms with Gasteiger partial charge in [-0.2, -0.15) is 15.0 Å². The van der Waals surface area contributed by atoms with Crippen molar-refractivity contribution in [3.8, 4) is 0 Å². The first kappa shape index (κ1) is 21.2. The van der Waals surface area contributed by atoms with E-state index in [1.54, 1.807) is 0 Å². The summed E-state index contributed by atoms with van der Waals surface area (Å²) in [7, 11) is 0. The Morgan fingerprint density at radius 3 is 2.26 bits per heavy atom. The van der Waals surface area contributed by atoms with Crippen LogP contribution in [0.2, 0.25) is 0 Å². The number of aromatic nitrogens is 1. The topological polar surface area (TPSA) is 72.5 Å². The molecule has 0 spiro atoms. The molecule has 6 nitrogen and oxygen atoms in total. The lowest BCUT2D eigenvalue weighted by atomic mass is 10.1. The van der Waals surface area contributed by atoms with Crippen molar-refractivity contribution >= 4 is 23.0 Å². The predicted molar refractivity (Wildman–Crippen MR) is 127 cm³/mol. The van der Waals surface area contributed by atoms with E-state index in [1.165, 1.54) is 11.1 Å². The van der Waals surface area contributed by atoms with Crippen LogP contribution in [0.4, 0.5) is 17.2 Å². The molecule has 0 fully saturated rings. The number of quaternary nitrogens is 1. The number of nitrogens with zero attached hydrogens (tertiary/aromatic N) is 3. The third-order valence-corrected chi connectivity index (χ3v) is 5.81. The van der Waals surface area contributed by atoms with Crippen molar-refractivity contribution in [1.29, 1.82) is 0 Å². The molecule has 1 aliphatic rings. The fraction of sp³-hybridized carbons (Fsp3) is 0.280. The van der Waals surface area contributed by atoms with Crippen molar-refractivity contribution in [3.05, 3.63) is 83.0 Å². The van der Waals surface area contributed by atoms with Gasteiger partial charge >= 0.3 is 0 Å². The number of amidine groups is 1. The Morgan fingerprint density at radius 2 is 1.61 bits per heavy atom. The summed E-state index contributed by atoms with van der Waals surface area (Å²) in [6.45, 7) is 8.50. The summed E-state index contributed by atoms with van der Waals surface area (Å²) in [6, 6.07) is 20.9. The van der Waals surface area contributed by atoms with Gasteiger partial charge in [-0.25, -0.2) is 4.98 Å². The van der Waals surface area contributed by atoms with E-state index < -0.39 is 0 Å². The van der Waals surface area contributed by atoms with Gasteiger partial charge in [0.1, 0.15) is 13.2 Å². The van der Waals surface area contributed by atoms with E-state index in [-0.39, 0.29) is 0 Å². The number of anilines is 1. The number of hydrogen-bond acceptors (Lipinski definition) is 5. The quantitative estimate of drug-likeness (QED) is 0.528. The van der Waals surface area contributed by atoms with Crippen molar-refractivity contribution < 1.29 is 4.74 Å². The summed E-state index contributed by atoms with van der Waals surface area (Å²) in [4.78, 5) is 9.51. The minimum absolute atomic E-state index is 0.369. The fourth-order valence-electron chi connectivity index (χ4n) is 4.12. The smallest absolute Gasteiger partial charge is 0.255 e. The normalized spacial score (nSPS) is 17.5. The van der Waals surface area contributed by atoms with Crippen molar-refractivity contribution in [1.82, 2.24) is 15.0 Å². The largest absolute Gasteiger partial charge is 0.382 e. The molecule has 3 aromatic rings. The highest BCUT2D eigenvalue weighted by Crippen LogP contribution is 2.47. The number of benzene rings is 2. The van der Waals surface area contributed by atoms with Crippen molar-refractivity contribution in [2.75, 3.05) is 18.9 Å². The number of hydrogen-bond donors (Lipinski definition) is 2. The van der Waals surface area contributed by atoms with Gasteiger partial charge in [0, 0.05) is 23.4 Å². The van der Waals surface area contributed by atoms with Crippen LogP contribution in [0.15, 0.2) is 65.7 Å². The Morgan fingerprint density at radius 1 is 0.968 bits per heavy atom. The maximum atomic E-state index is 6.36. The summed E-state index contributed by atoms with van der Waals surface area (Å²) in [5.41, 5.74) is 16.4. The molecule has 6 heteroatoms. The fourth-order valence-corrected chi connectivity index (χ4v) is 4.12. The molecule has 0 bridgehead atoms. The van der Waals surface area contributed by atoms with E-state index in [0.717, 1.165) is 28.5 Å². The number of aliphatic imine (C=N–C) groups is 1. The van der Waals surface area contributed by atoms with Gasteiger partial charge in [-0.3, -0.25) is 0 Å². The zero-order chi connectivity index (χ0) is 21.8. The van der Waals surface area contributed by atoms with Gasteiger partial charge in [0.05, 0.1) is 6.54 Å². The van der Waals surface area contributed by atoms with Crippen LogP contribution < -0.4 is 15.8 Å². The third-order valence-electron chi connectivity index (χ3n) is 5.81. The third kappa shape index (κ3) is 4.10. The standard InChI is InChI=1S/C25H30N5O/c1-4-31-17-22-29-23-24(18(2)19(3)28-25(23)26)30(22,16-21-13-9-6-10-14-21)27-15-20-11-7-5-8-12-20/h5-14,27H,4,15-17H2,1-3H3,(H2,26,28)/q+1. The molecular formula is C25H30N5O+. The Hall–Kier alpha value is -3.06. The average molecular weight is 417 g/mol. The molecule has 160 valence electrons. The lowest BCUT2D eigenvalue weighted by Crippen LogP contribution is -2.62. The molecule has 2 aromatic carbocycles. The summed E-state index contributed by atoms with van der Waals surface area (Å²) in [6.07, 6.45) is 0. The van der Waals surface area contributed by atoms with Gasteiger partial charge in [-0.05, 0) is 26.3 Å². The number of aryl methyl sites for hydroxylation is 1. The number of rotatable bonds is 8. The number of fused-ring (bicyclic) bond motifs is 1. The second-order valence-electron chi connectivity index (χ2n) is 7.84. The first-order valence-corrected chi connectivity index (χ1v) is 10.7. The van der Waals surface area contributed by atoms with Crippen LogP contribution in [0.3, 0.4) is 0 Å². The molecule has 1 aromatic heterocycles. The zero-order valence-corrected chi connectivity index (χ0v) is 18.4. The minimum Gasteiger partial charge on any atom is -0.382 e. The van der Waals surface area contributed by atoms with Crippen LogP contribution in [0, 0.1) is 13.8 Å². The van der Waals surface area contributed by atoms with E-state index >= 15 is 0 Å². The average Bonchev–Trinajstić information content (AvgIpc) is 3.10. The second-order valence-corrected chi connectivity index (χ2v) is 7.84. The summed E-state index contributed by atoms with van der Waals surface area (Å²) in [5.74, 6) is 1.35. The van der Waals surface area contributed by atoms with Crippen LogP contribution in [-0.2, 0) is 17.8 Å². The lowest BCUT2D eigenvalue weighted by molar-refractivity contribution is 0.169. The molecule has 1 aliphatic heterocycles. The number of nitrogens with two attached hydrogens (primary N) is 1. The summed E-state index contributed by atoms with van der Waals surface area (Å²) >= 11 is 0. The van der Waals surface area contributed by atoms with E-state index in [2.05, 4.69) is 65.9 Å². The molecule has 0 saturated carbocycles. The molecule has 0 saturated heterocycles. The highest BCUT2D eigenvalue weighted by molar-refractivity contribution is 6.05. The molecule has 0 aliphatic carbocycles. The van der Waals surface area contributed by atoms with E-state index in [0.29, 0.717) is 36.7 Å². The van der Waals surface area contributed by atoms with Crippen molar-refractivity contribution in [2.45, 2.75) is 33.9 Å². The molecule has 4 rings (SSSR count). The van der Waals surface area contributed by atoms with Gasteiger partial charge in [0.25, 0.3) is 5.84 Å². The molecule has 0 amide bonds. The summed E-state index contributed by atoms with van der Waals surface area (Å²) < 4.78 is 6.22. The van der Waals surface area contributed by atoms with E-state index in [1.807, 2.05) is 26.0 Å². The highest BCUT2D eigenvalue weighted by atomic mass is 16.5. The van der Waals surface area contributed by atoms with Gasteiger partial charge in [0.2, 0.25) is 0 Å². The van der Waals surface area contributed by atoms with Crippen molar-refractivity contribution in [2.24, 2.45) is 4.99 Å². The van der Waals surface area contributed by atoms with E-state index in [4.69, 9.17) is 15.5 Å². The van der Waals surface area contributed by atoms with Crippen molar-refractivity contribution in [3.63, 3.8) is 0 Å². The maximum Gasteiger partial charge on any atom is 0.255 e. The maximum absolute atomic E-state index is 6.36.